The van der Waals surface area contributed by atoms with Crippen LogP contribution in [0.5, 0.6) is 0 Å². The van der Waals surface area contributed by atoms with Gasteiger partial charge in [-0.1, -0.05) is 40.5 Å². The molecule has 49 heavy (non-hydrogen) atoms. The first kappa shape index (κ1) is 42.6. The zero-order chi connectivity index (χ0) is 37.7. The number of halogens is 3. The number of amides is 3. The summed E-state index contributed by atoms with van der Waals surface area (Å²) in [5.74, 6) is 0.909. The van der Waals surface area contributed by atoms with Gasteiger partial charge < -0.3 is 30.4 Å². The van der Waals surface area contributed by atoms with E-state index in [1.54, 1.807) is 0 Å². The van der Waals surface area contributed by atoms with E-state index in [9.17, 15) is 32.8 Å². The number of aliphatic hydroxyl groups is 1. The van der Waals surface area contributed by atoms with E-state index in [1.807, 2.05) is 31.7 Å². The van der Waals surface area contributed by atoms with E-state index in [-0.39, 0.29) is 41.7 Å². The van der Waals surface area contributed by atoms with E-state index in [0.717, 1.165) is 25.9 Å². The molecule has 1 saturated heterocycles. The number of nitriles is 1. The number of ether oxygens (including phenoxy) is 1. The van der Waals surface area contributed by atoms with Crippen LogP contribution in [0.25, 0.3) is 10.8 Å². The van der Waals surface area contributed by atoms with Crippen molar-refractivity contribution in [1.82, 2.24) is 19.8 Å². The van der Waals surface area contributed by atoms with Gasteiger partial charge in [-0.3, -0.25) is 24.2 Å². The van der Waals surface area contributed by atoms with Gasteiger partial charge >= 0.3 is 12.1 Å². The Morgan fingerprint density at radius 2 is 1.88 bits per heavy atom. The molecule has 2 aliphatic rings. The largest absolute Gasteiger partial charge is 0.470 e. The van der Waals surface area contributed by atoms with Crippen molar-refractivity contribution in [2.75, 3.05) is 19.7 Å². The molecule has 0 bridgehead atoms. The summed E-state index contributed by atoms with van der Waals surface area (Å²) in [4.78, 5) is 50.4. The van der Waals surface area contributed by atoms with E-state index in [1.165, 1.54) is 23.2 Å². The van der Waals surface area contributed by atoms with E-state index >= 15 is 0 Å². The second kappa shape index (κ2) is 18.3. The first-order valence-electron chi connectivity index (χ1n) is 15.8. The number of terminal acetylenes is 1. The summed E-state index contributed by atoms with van der Waals surface area (Å²) in [6, 6.07) is 0.958. The number of nitrogens with two attached hydrogens (primary N) is 1. The second-order valence-corrected chi connectivity index (χ2v) is 12.5. The molecule has 3 amide bonds. The Bertz CT molecular complexity index is 1590. The first-order valence-corrected chi connectivity index (χ1v) is 15.8. The van der Waals surface area contributed by atoms with Crippen LogP contribution in [0.3, 0.4) is 0 Å². The number of hydrogen-bond acceptors (Lipinski definition) is 8. The second-order valence-electron chi connectivity index (χ2n) is 12.5. The van der Waals surface area contributed by atoms with Crippen molar-refractivity contribution < 1.29 is 37.4 Å². The highest BCUT2D eigenvalue weighted by Crippen LogP contribution is 2.40. The van der Waals surface area contributed by atoms with Crippen molar-refractivity contribution in [1.29, 1.82) is 5.26 Å². The minimum absolute atomic E-state index is 0.0454. The number of carbonyl (C=O) groups is 3. The number of primary amides is 1. The van der Waals surface area contributed by atoms with Crippen molar-refractivity contribution >= 4 is 29.0 Å². The fraction of sp³-hybridized carbons (Fsp3) is 0.588. The fourth-order valence-corrected chi connectivity index (χ4v) is 4.92. The lowest BCUT2D eigenvalue weighted by Gasteiger charge is -2.23. The molecule has 0 aromatic carbocycles. The highest BCUT2D eigenvalue weighted by molar-refractivity contribution is 5.90. The smallest absolute Gasteiger partial charge is 0.395 e. The molecule has 0 spiro atoms. The standard InChI is InChI=1S/C15H12N4O3.C15H27NO2.C2H2F3NO.C2H6/c1-2-11-14-10(8-19(3-4-20)15(11)22)6-17-7-12(14)13(5-16)18-9-21;1-11-9-16(10-14(11,3)4)13(17)8-12(2)18-15(5)6-7-15;3-2(4,5)1(6)7;1-2/h1,6-9,13,20H,3-4H2,(H,18,21);11-12H,6-10H2,1-5H3;(H2,6,7);1-2H3/t;11-,12+;;/m.0../s1. The number of alkyl halides is 3. The van der Waals surface area contributed by atoms with E-state index in [2.05, 4.69) is 49.6 Å². The Morgan fingerprint density at radius 3 is 2.31 bits per heavy atom. The number of carbonyl (C=O) groups excluding carboxylic acids is 3. The Hall–Kier alpha value is -4.47. The van der Waals surface area contributed by atoms with E-state index in [4.69, 9.17) is 21.1 Å². The fourth-order valence-electron chi connectivity index (χ4n) is 4.92. The van der Waals surface area contributed by atoms with Crippen LogP contribution in [0.15, 0.2) is 23.4 Å². The van der Waals surface area contributed by atoms with Gasteiger partial charge in [-0.15, -0.1) is 6.42 Å². The molecule has 1 unspecified atom stereocenters. The van der Waals surface area contributed by atoms with Crippen LogP contribution < -0.4 is 16.6 Å². The third-order valence-corrected chi connectivity index (χ3v) is 8.14. The molecular weight excluding hydrogens is 645 g/mol. The third kappa shape index (κ3) is 12.2. The summed E-state index contributed by atoms with van der Waals surface area (Å²) in [5, 5.41) is 21.5. The number of fused-ring (bicyclic) bond motifs is 1. The summed E-state index contributed by atoms with van der Waals surface area (Å²) in [5.41, 5.74) is 4.10. The summed E-state index contributed by atoms with van der Waals surface area (Å²) in [7, 11) is 0. The van der Waals surface area contributed by atoms with E-state index < -0.39 is 23.7 Å². The number of likely N-dealkylation sites (tertiary alicyclic amines) is 1. The SMILES string of the molecule is C#Cc1c(=O)n(CCO)cc2cncc(C(C#N)NC=O)c12.CC.C[C@H](CC(=O)N1C[C@H](C)C(C)(C)C1)OC1(C)CC1.NC(=O)C(F)(F)F. The van der Waals surface area contributed by atoms with E-state index in [0.29, 0.717) is 35.1 Å². The van der Waals surface area contributed by atoms with Crippen molar-refractivity contribution in [2.45, 2.75) is 98.2 Å². The maximum Gasteiger partial charge on any atom is 0.470 e. The third-order valence-electron chi connectivity index (χ3n) is 8.14. The van der Waals surface area contributed by atoms with Gasteiger partial charge in [0, 0.05) is 54.6 Å². The molecule has 3 heterocycles. The normalized spacial score (nSPS) is 18.0. The molecule has 3 atom stereocenters. The number of nitrogens with zero attached hydrogens (tertiary/aromatic N) is 4. The zero-order valence-corrected chi connectivity index (χ0v) is 29.1. The molecule has 2 aromatic heterocycles. The van der Waals surface area contributed by atoms with Crippen LogP contribution >= 0.6 is 0 Å². The first-order chi connectivity index (χ1) is 22.8. The maximum absolute atomic E-state index is 12.3. The van der Waals surface area contributed by atoms with Crippen LogP contribution in [0.1, 0.15) is 84.9 Å². The van der Waals surface area contributed by atoms with Crippen LogP contribution in [0.4, 0.5) is 13.2 Å². The van der Waals surface area contributed by atoms with Gasteiger partial charge in [-0.05, 0) is 38.0 Å². The molecule has 270 valence electrons. The molecule has 1 saturated carbocycles. The zero-order valence-electron chi connectivity index (χ0n) is 29.1. The van der Waals surface area contributed by atoms with Crippen LogP contribution in [-0.4, -0.2) is 75.4 Å². The van der Waals surface area contributed by atoms with Crippen LogP contribution in [0.2, 0.25) is 0 Å². The lowest BCUT2D eigenvalue weighted by Crippen LogP contribution is -2.33. The lowest BCUT2D eigenvalue weighted by molar-refractivity contribution is -0.169. The summed E-state index contributed by atoms with van der Waals surface area (Å²) < 4.78 is 39.3. The topological polar surface area (TPSA) is 181 Å². The molecule has 12 nitrogen and oxygen atoms in total. The Kier molecular flexibility index (Phi) is 15.9. The number of hydrogen-bond donors (Lipinski definition) is 3. The molecule has 2 fully saturated rings. The lowest BCUT2D eigenvalue weighted by atomic mass is 9.84. The Balaban J connectivity index is 0.000000399. The van der Waals surface area contributed by atoms with Gasteiger partial charge in [0.1, 0.15) is 6.04 Å². The quantitative estimate of drug-likeness (QED) is 0.263. The summed E-state index contributed by atoms with van der Waals surface area (Å²) in [6.45, 7) is 16.6. The van der Waals surface area contributed by atoms with Crippen molar-refractivity contribution in [2.24, 2.45) is 17.1 Å². The molecule has 0 radical (unpaired) electrons. The van der Waals surface area contributed by atoms with Gasteiger partial charge in [-0.25, -0.2) is 0 Å². The number of aromatic nitrogens is 2. The van der Waals surface area contributed by atoms with Crippen LogP contribution in [0, 0.1) is 35.0 Å². The van der Waals surface area contributed by atoms with Crippen molar-refractivity contribution in [3.05, 3.63) is 40.1 Å². The number of aliphatic hydroxyl groups excluding tert-OH is 1. The maximum atomic E-state index is 12.3. The number of rotatable bonds is 9. The summed E-state index contributed by atoms with van der Waals surface area (Å²) in [6.07, 6.45) is 8.24. The average molecular weight is 693 g/mol. The molecular formula is C34H47F3N6O6. The molecule has 15 heteroatoms. The number of nitrogens with one attached hydrogen (secondary N) is 1. The van der Waals surface area contributed by atoms with Gasteiger partial charge in [0.25, 0.3) is 5.56 Å². The molecule has 4 N–H and O–H groups in total. The Morgan fingerprint density at radius 1 is 1.29 bits per heavy atom. The van der Waals surface area contributed by atoms with Gasteiger partial charge in [-0.2, -0.15) is 18.4 Å². The van der Waals surface area contributed by atoms with Crippen molar-refractivity contribution in [3.63, 3.8) is 0 Å². The predicted octanol–water partition coefficient (Wildman–Crippen LogP) is 3.58. The van der Waals surface area contributed by atoms with Gasteiger partial charge in [0.15, 0.2) is 0 Å². The highest BCUT2D eigenvalue weighted by atomic mass is 19.4. The predicted molar refractivity (Wildman–Crippen MR) is 178 cm³/mol. The average Bonchev–Trinajstić information content (AvgIpc) is 3.68. The molecule has 2 aromatic rings. The molecule has 4 rings (SSSR count). The minimum Gasteiger partial charge on any atom is -0.395 e. The van der Waals surface area contributed by atoms with Gasteiger partial charge in [0.2, 0.25) is 12.3 Å². The molecule has 1 aliphatic heterocycles. The van der Waals surface area contributed by atoms with Gasteiger partial charge in [0.05, 0.1) is 36.4 Å². The Labute approximate surface area is 284 Å². The van der Waals surface area contributed by atoms with Crippen molar-refractivity contribution in [3.8, 4) is 18.4 Å². The van der Waals surface area contributed by atoms with Crippen LogP contribution in [-0.2, 0) is 25.7 Å². The monoisotopic (exact) mass is 692 g/mol. The minimum atomic E-state index is -4.86. The highest BCUT2D eigenvalue weighted by Gasteiger charge is 2.42. The molecule has 1 aliphatic carbocycles. The number of pyridine rings is 2. The summed E-state index contributed by atoms with van der Waals surface area (Å²) >= 11 is 0.